The molecule has 0 radical (unpaired) electrons. The summed E-state index contributed by atoms with van der Waals surface area (Å²) in [4.78, 5) is 4.43. The average Bonchev–Trinajstić information content (AvgIpc) is 2.50. The molecule has 0 amide bonds. The summed E-state index contributed by atoms with van der Waals surface area (Å²) in [5.74, 6) is 0.175. The number of hydrazone groups is 1. The second-order valence-electron chi connectivity index (χ2n) is 4.03. The molecule has 0 atom stereocenters. The molecule has 0 aliphatic heterocycles. The van der Waals surface area contributed by atoms with Crippen molar-refractivity contribution in [1.82, 2.24) is 5.43 Å². The van der Waals surface area contributed by atoms with Crippen LogP contribution in [-0.2, 0) is 0 Å². The van der Waals surface area contributed by atoms with Gasteiger partial charge in [0.1, 0.15) is 5.75 Å². The molecule has 0 heterocycles. The summed E-state index contributed by atoms with van der Waals surface area (Å²) in [7, 11) is 0. The van der Waals surface area contributed by atoms with Crippen LogP contribution < -0.4 is 5.43 Å². The molecular formula is C15H14BrN3OS. The van der Waals surface area contributed by atoms with Gasteiger partial charge in [-0.25, -0.2) is 4.99 Å². The van der Waals surface area contributed by atoms with Gasteiger partial charge < -0.3 is 5.11 Å². The maximum absolute atomic E-state index is 9.72. The predicted molar refractivity (Wildman–Crippen MR) is 93.6 cm³/mol. The van der Waals surface area contributed by atoms with Crippen LogP contribution in [0.2, 0.25) is 0 Å². The van der Waals surface area contributed by atoms with Crippen molar-refractivity contribution in [3.8, 4) is 5.75 Å². The van der Waals surface area contributed by atoms with E-state index in [1.54, 1.807) is 24.4 Å². The van der Waals surface area contributed by atoms with Crippen LogP contribution in [0.5, 0.6) is 5.75 Å². The van der Waals surface area contributed by atoms with Crippen LogP contribution in [0.3, 0.4) is 0 Å². The summed E-state index contributed by atoms with van der Waals surface area (Å²) in [6, 6.07) is 14.8. The van der Waals surface area contributed by atoms with Gasteiger partial charge in [-0.2, -0.15) is 5.10 Å². The fraction of sp³-hybridized carbons (Fsp3) is 0.0667. The number of rotatable bonds is 3. The number of hydrogen-bond acceptors (Lipinski definition) is 4. The average molecular weight is 364 g/mol. The Kier molecular flexibility index (Phi) is 5.83. The van der Waals surface area contributed by atoms with E-state index in [4.69, 9.17) is 0 Å². The Bertz CT molecular complexity index is 659. The smallest absolute Gasteiger partial charge is 0.182 e. The Morgan fingerprint density at radius 1 is 1.24 bits per heavy atom. The lowest BCUT2D eigenvalue weighted by Gasteiger charge is -2.03. The molecule has 0 aliphatic rings. The number of phenols is 1. The van der Waals surface area contributed by atoms with Gasteiger partial charge in [-0.15, -0.1) is 0 Å². The van der Waals surface area contributed by atoms with Crippen molar-refractivity contribution >= 4 is 44.8 Å². The van der Waals surface area contributed by atoms with Gasteiger partial charge in [0.05, 0.1) is 11.9 Å². The minimum absolute atomic E-state index is 0.175. The predicted octanol–water partition coefficient (Wildman–Crippen LogP) is 4.13. The van der Waals surface area contributed by atoms with E-state index in [0.717, 1.165) is 10.2 Å². The highest BCUT2D eigenvalue weighted by Crippen LogP contribution is 2.20. The Morgan fingerprint density at radius 3 is 2.71 bits per heavy atom. The summed E-state index contributed by atoms with van der Waals surface area (Å²) >= 11 is 4.81. The minimum atomic E-state index is 0.175. The largest absolute Gasteiger partial charge is 0.507 e. The Balaban J connectivity index is 2.08. The molecule has 6 heteroatoms. The third kappa shape index (κ3) is 4.91. The highest BCUT2D eigenvalue weighted by Gasteiger charge is 1.99. The molecule has 0 saturated carbocycles. The van der Waals surface area contributed by atoms with E-state index in [-0.39, 0.29) is 5.75 Å². The number of nitrogens with zero attached hydrogens (tertiary/aromatic N) is 2. The van der Waals surface area contributed by atoms with Gasteiger partial charge in [-0.3, -0.25) is 5.43 Å². The molecule has 0 aromatic heterocycles. The van der Waals surface area contributed by atoms with Gasteiger partial charge in [0, 0.05) is 10.0 Å². The third-order valence-corrected chi connectivity index (χ3v) is 3.60. The Hall–Kier alpha value is -1.79. The lowest BCUT2D eigenvalue weighted by Crippen LogP contribution is -2.13. The molecule has 0 aliphatic carbocycles. The second kappa shape index (κ2) is 7.85. The van der Waals surface area contributed by atoms with Gasteiger partial charge in [-0.05, 0) is 36.6 Å². The molecule has 2 aromatic carbocycles. The summed E-state index contributed by atoms with van der Waals surface area (Å²) in [5, 5.41) is 14.5. The third-order valence-electron chi connectivity index (χ3n) is 2.53. The normalized spacial score (nSPS) is 11.8. The van der Waals surface area contributed by atoms with E-state index in [1.807, 2.05) is 36.6 Å². The van der Waals surface area contributed by atoms with Gasteiger partial charge >= 0.3 is 0 Å². The van der Waals surface area contributed by atoms with Crippen LogP contribution in [0.25, 0.3) is 0 Å². The van der Waals surface area contributed by atoms with Crippen LogP contribution in [0, 0.1) is 0 Å². The summed E-state index contributed by atoms with van der Waals surface area (Å²) in [5.41, 5.74) is 4.35. The van der Waals surface area contributed by atoms with Crippen LogP contribution in [0.4, 0.5) is 5.69 Å². The second-order valence-corrected chi connectivity index (χ2v) is 5.74. The number of hydrogen-bond donors (Lipinski definition) is 2. The fourth-order valence-electron chi connectivity index (χ4n) is 1.52. The molecule has 108 valence electrons. The van der Waals surface area contributed by atoms with Crippen molar-refractivity contribution in [1.29, 1.82) is 0 Å². The number of aromatic hydroxyl groups is 1. The zero-order chi connectivity index (χ0) is 15.1. The van der Waals surface area contributed by atoms with Gasteiger partial charge in [-0.1, -0.05) is 45.9 Å². The number of benzene rings is 2. The monoisotopic (exact) mass is 363 g/mol. The molecule has 0 unspecified atom stereocenters. The summed E-state index contributed by atoms with van der Waals surface area (Å²) in [6.07, 6.45) is 3.47. The van der Waals surface area contributed by atoms with Crippen molar-refractivity contribution in [3.63, 3.8) is 0 Å². The van der Waals surface area contributed by atoms with Crippen LogP contribution in [0.1, 0.15) is 5.56 Å². The number of aliphatic imine (C=N–C) groups is 1. The van der Waals surface area contributed by atoms with Crippen molar-refractivity contribution in [3.05, 3.63) is 58.6 Å². The van der Waals surface area contributed by atoms with Gasteiger partial charge in [0.15, 0.2) is 5.17 Å². The quantitative estimate of drug-likeness (QED) is 0.489. The maximum atomic E-state index is 9.72. The minimum Gasteiger partial charge on any atom is -0.507 e. The van der Waals surface area contributed by atoms with E-state index in [9.17, 15) is 5.11 Å². The van der Waals surface area contributed by atoms with E-state index in [0.29, 0.717) is 10.7 Å². The van der Waals surface area contributed by atoms with E-state index in [1.165, 1.54) is 11.8 Å². The number of para-hydroxylation sites is 1. The van der Waals surface area contributed by atoms with Crippen molar-refractivity contribution in [2.75, 3.05) is 6.26 Å². The van der Waals surface area contributed by atoms with E-state index in [2.05, 4.69) is 31.4 Å². The topological polar surface area (TPSA) is 57.0 Å². The molecule has 21 heavy (non-hydrogen) atoms. The molecule has 0 bridgehead atoms. The number of halogens is 1. The van der Waals surface area contributed by atoms with Crippen LogP contribution in [0.15, 0.2) is 63.1 Å². The fourth-order valence-corrected chi connectivity index (χ4v) is 2.24. The van der Waals surface area contributed by atoms with Crippen LogP contribution >= 0.6 is 27.7 Å². The highest BCUT2D eigenvalue weighted by atomic mass is 79.9. The zero-order valence-electron chi connectivity index (χ0n) is 11.3. The first-order valence-electron chi connectivity index (χ1n) is 6.14. The zero-order valence-corrected chi connectivity index (χ0v) is 13.7. The highest BCUT2D eigenvalue weighted by molar-refractivity contribution is 9.10. The molecule has 0 spiro atoms. The van der Waals surface area contributed by atoms with Crippen molar-refractivity contribution in [2.45, 2.75) is 0 Å². The Labute approximate surface area is 136 Å². The van der Waals surface area contributed by atoms with Crippen molar-refractivity contribution in [2.24, 2.45) is 10.1 Å². The summed E-state index contributed by atoms with van der Waals surface area (Å²) in [6.45, 7) is 0. The van der Waals surface area contributed by atoms with E-state index < -0.39 is 0 Å². The lowest BCUT2D eigenvalue weighted by molar-refractivity contribution is 0.474. The van der Waals surface area contributed by atoms with Gasteiger partial charge in [0.25, 0.3) is 0 Å². The molecule has 4 nitrogen and oxygen atoms in total. The van der Waals surface area contributed by atoms with E-state index >= 15 is 0 Å². The molecule has 2 aromatic rings. The maximum Gasteiger partial charge on any atom is 0.182 e. The SMILES string of the molecule is CSC(=Nc1ccccc1)N/N=C/c1cc(Br)ccc1O. The van der Waals surface area contributed by atoms with Gasteiger partial charge in [0.2, 0.25) is 0 Å². The van der Waals surface area contributed by atoms with Crippen molar-refractivity contribution < 1.29 is 5.11 Å². The number of thioether (sulfide) groups is 1. The number of nitrogens with one attached hydrogen (secondary N) is 1. The number of amidine groups is 1. The molecule has 2 rings (SSSR count). The molecular weight excluding hydrogens is 350 g/mol. The summed E-state index contributed by atoms with van der Waals surface area (Å²) < 4.78 is 0.879. The Morgan fingerprint density at radius 2 is 2.00 bits per heavy atom. The van der Waals surface area contributed by atoms with Crippen LogP contribution in [-0.4, -0.2) is 22.7 Å². The first-order chi connectivity index (χ1) is 10.2. The molecule has 0 fully saturated rings. The first-order valence-corrected chi connectivity index (χ1v) is 8.16. The molecule has 0 saturated heterocycles. The number of phenolic OH excluding ortho intramolecular Hbond substituents is 1. The lowest BCUT2D eigenvalue weighted by atomic mass is 10.2. The first kappa shape index (κ1) is 15.6. The standard InChI is InChI=1S/C15H14BrN3OS/c1-21-15(18-13-5-3-2-4-6-13)19-17-10-11-9-12(16)7-8-14(11)20/h2-10,20H,1H3,(H,18,19)/b17-10+. The molecule has 2 N–H and O–H groups in total.